The number of piperidine rings is 1. The van der Waals surface area contributed by atoms with E-state index in [0.29, 0.717) is 30.3 Å². The van der Waals surface area contributed by atoms with E-state index in [2.05, 4.69) is 20.1 Å². The average Bonchev–Trinajstić information content (AvgIpc) is 3.17. The van der Waals surface area contributed by atoms with E-state index < -0.39 is 26.6 Å². The molecule has 0 radical (unpaired) electrons. The Morgan fingerprint density at radius 2 is 2.00 bits per heavy atom. The van der Waals surface area contributed by atoms with Crippen molar-refractivity contribution in [2.75, 3.05) is 13.1 Å². The molecule has 152 valence electrons. The van der Waals surface area contributed by atoms with Gasteiger partial charge in [0.25, 0.3) is 0 Å². The molecule has 0 saturated carbocycles. The first-order valence-electron chi connectivity index (χ1n) is 8.98. The lowest BCUT2D eigenvalue weighted by atomic mass is 9.96. The third-order valence-electron chi connectivity index (χ3n) is 4.72. The van der Waals surface area contributed by atoms with Crippen molar-refractivity contribution < 1.29 is 21.7 Å². The Labute approximate surface area is 165 Å². The number of rotatable bonds is 5. The van der Waals surface area contributed by atoms with Crippen LogP contribution in [0.25, 0.3) is 11.5 Å². The molecule has 8 nitrogen and oxygen atoms in total. The number of benzene rings is 1. The van der Waals surface area contributed by atoms with Gasteiger partial charge in [0.15, 0.2) is 4.90 Å². The third-order valence-corrected chi connectivity index (χ3v) is 6.64. The second-order valence-corrected chi connectivity index (χ2v) is 8.60. The predicted molar refractivity (Wildman–Crippen MR) is 96.9 cm³/mol. The van der Waals surface area contributed by atoms with E-state index in [4.69, 9.17) is 4.52 Å². The first kappa shape index (κ1) is 19.5. The number of hydrogen-bond donors (Lipinski definition) is 0. The van der Waals surface area contributed by atoms with Crippen LogP contribution < -0.4 is 0 Å². The van der Waals surface area contributed by atoms with E-state index >= 15 is 0 Å². The van der Waals surface area contributed by atoms with Gasteiger partial charge in [-0.2, -0.15) is 9.29 Å². The maximum atomic E-state index is 14.0. The van der Waals surface area contributed by atoms with E-state index in [1.165, 1.54) is 18.6 Å². The Kier molecular flexibility index (Phi) is 5.33. The van der Waals surface area contributed by atoms with E-state index in [9.17, 15) is 17.2 Å². The van der Waals surface area contributed by atoms with Gasteiger partial charge in [-0.05, 0) is 30.9 Å². The summed E-state index contributed by atoms with van der Waals surface area (Å²) in [5.41, 5.74) is 0.463. The Morgan fingerprint density at radius 1 is 1.21 bits per heavy atom. The lowest BCUT2D eigenvalue weighted by Crippen LogP contribution is -2.41. The molecule has 0 aliphatic carbocycles. The SMILES string of the molecule is O=S(=O)(c1c(F)cccc1F)N1CCC[C@H](Cc2nc(-c3cnccn3)no2)C1. The quantitative estimate of drug-likeness (QED) is 0.623. The van der Waals surface area contributed by atoms with Gasteiger partial charge >= 0.3 is 0 Å². The van der Waals surface area contributed by atoms with Crippen LogP contribution in [0.3, 0.4) is 0 Å². The molecule has 3 heterocycles. The van der Waals surface area contributed by atoms with Crippen LogP contribution in [0, 0.1) is 17.6 Å². The zero-order valence-electron chi connectivity index (χ0n) is 15.2. The summed E-state index contributed by atoms with van der Waals surface area (Å²) in [6.07, 6.45) is 6.18. The number of sulfonamides is 1. The fourth-order valence-electron chi connectivity index (χ4n) is 3.37. The highest BCUT2D eigenvalue weighted by Gasteiger charge is 2.34. The molecule has 1 fully saturated rings. The summed E-state index contributed by atoms with van der Waals surface area (Å²) in [6.45, 7) is 0.306. The zero-order chi connectivity index (χ0) is 20.4. The Hall–Kier alpha value is -2.79. The molecule has 2 aromatic heterocycles. The van der Waals surface area contributed by atoms with Crippen LogP contribution in [0.4, 0.5) is 8.78 Å². The van der Waals surface area contributed by atoms with Crippen molar-refractivity contribution in [1.29, 1.82) is 0 Å². The molecule has 1 saturated heterocycles. The van der Waals surface area contributed by atoms with Gasteiger partial charge in [0, 0.05) is 31.9 Å². The highest BCUT2D eigenvalue weighted by molar-refractivity contribution is 7.89. The first-order valence-corrected chi connectivity index (χ1v) is 10.4. The van der Waals surface area contributed by atoms with Crippen LogP contribution >= 0.6 is 0 Å². The summed E-state index contributed by atoms with van der Waals surface area (Å²) < 4.78 is 60.0. The van der Waals surface area contributed by atoms with Gasteiger partial charge in [-0.1, -0.05) is 11.2 Å². The third kappa shape index (κ3) is 4.01. The molecule has 1 aliphatic rings. The van der Waals surface area contributed by atoms with Gasteiger partial charge in [0.2, 0.25) is 21.7 Å². The Bertz CT molecular complexity index is 1090. The molecule has 4 rings (SSSR count). The average molecular weight is 421 g/mol. The van der Waals surface area contributed by atoms with E-state index in [1.807, 2.05) is 0 Å². The van der Waals surface area contributed by atoms with Crippen LogP contribution in [-0.2, 0) is 16.4 Å². The smallest absolute Gasteiger partial charge is 0.248 e. The van der Waals surface area contributed by atoms with Crippen LogP contribution in [0.1, 0.15) is 18.7 Å². The van der Waals surface area contributed by atoms with E-state index in [0.717, 1.165) is 28.9 Å². The van der Waals surface area contributed by atoms with Gasteiger partial charge < -0.3 is 4.52 Å². The maximum absolute atomic E-state index is 14.0. The van der Waals surface area contributed by atoms with Crippen LogP contribution in [0.15, 0.2) is 46.2 Å². The summed E-state index contributed by atoms with van der Waals surface area (Å²) in [6, 6.07) is 3.00. The van der Waals surface area contributed by atoms with Crippen molar-refractivity contribution >= 4 is 10.0 Å². The number of halogens is 2. The highest BCUT2D eigenvalue weighted by Crippen LogP contribution is 2.28. The summed E-state index contributed by atoms with van der Waals surface area (Å²) in [5, 5.41) is 3.87. The van der Waals surface area contributed by atoms with Crippen molar-refractivity contribution in [3.63, 3.8) is 0 Å². The Morgan fingerprint density at radius 3 is 2.72 bits per heavy atom. The molecule has 0 spiro atoms. The first-order chi connectivity index (χ1) is 13.9. The fraction of sp³-hybridized carbons (Fsp3) is 0.333. The van der Waals surface area contributed by atoms with Crippen molar-refractivity contribution in [2.45, 2.75) is 24.2 Å². The van der Waals surface area contributed by atoms with Gasteiger partial charge in [-0.15, -0.1) is 0 Å². The minimum absolute atomic E-state index is 0.110. The van der Waals surface area contributed by atoms with Gasteiger partial charge in [0.05, 0.1) is 6.20 Å². The van der Waals surface area contributed by atoms with Crippen molar-refractivity contribution in [1.82, 2.24) is 24.4 Å². The zero-order valence-corrected chi connectivity index (χ0v) is 16.0. The highest BCUT2D eigenvalue weighted by atomic mass is 32.2. The fourth-order valence-corrected chi connectivity index (χ4v) is 5.04. The van der Waals surface area contributed by atoms with Gasteiger partial charge in [-0.3, -0.25) is 4.98 Å². The van der Waals surface area contributed by atoms with Crippen molar-refractivity contribution in [3.05, 3.63) is 54.3 Å². The summed E-state index contributed by atoms with van der Waals surface area (Å²) in [4.78, 5) is 11.4. The van der Waals surface area contributed by atoms with Gasteiger partial charge in [-0.25, -0.2) is 22.2 Å². The normalized spacial score (nSPS) is 18.1. The second-order valence-electron chi connectivity index (χ2n) is 6.73. The molecular formula is C18H17F2N5O3S. The monoisotopic (exact) mass is 421 g/mol. The van der Waals surface area contributed by atoms with Crippen molar-refractivity contribution in [3.8, 4) is 11.5 Å². The predicted octanol–water partition coefficient (Wildman–Crippen LogP) is 2.45. The number of aromatic nitrogens is 4. The van der Waals surface area contributed by atoms with E-state index in [-0.39, 0.29) is 19.0 Å². The molecule has 0 bridgehead atoms. The standard InChI is InChI=1S/C18H17F2N5O3S/c19-13-4-1-5-14(20)17(13)29(26,27)25-8-2-3-12(11-25)9-16-23-18(24-28-16)15-10-21-6-7-22-15/h1,4-7,10,12H,2-3,8-9,11H2/t12-/m1/s1. The van der Waals surface area contributed by atoms with Gasteiger partial charge in [0.1, 0.15) is 17.3 Å². The Balaban J connectivity index is 1.50. The topological polar surface area (TPSA) is 102 Å². The molecule has 0 amide bonds. The summed E-state index contributed by atoms with van der Waals surface area (Å²) in [5.74, 6) is -1.69. The molecule has 0 N–H and O–H groups in total. The van der Waals surface area contributed by atoms with Crippen LogP contribution in [0.2, 0.25) is 0 Å². The van der Waals surface area contributed by atoms with Crippen molar-refractivity contribution in [2.24, 2.45) is 5.92 Å². The summed E-state index contributed by atoms with van der Waals surface area (Å²) in [7, 11) is -4.29. The molecule has 11 heteroatoms. The minimum atomic E-state index is -4.29. The number of hydrogen-bond acceptors (Lipinski definition) is 7. The molecular weight excluding hydrogens is 404 g/mol. The lowest BCUT2D eigenvalue weighted by molar-refractivity contribution is 0.246. The molecule has 1 aromatic carbocycles. The minimum Gasteiger partial charge on any atom is -0.339 e. The molecule has 1 aliphatic heterocycles. The van der Waals surface area contributed by atoms with E-state index in [1.54, 1.807) is 0 Å². The number of nitrogens with zero attached hydrogens (tertiary/aromatic N) is 5. The van der Waals surface area contributed by atoms with Crippen LogP contribution in [0.5, 0.6) is 0 Å². The summed E-state index contributed by atoms with van der Waals surface area (Å²) >= 11 is 0. The molecule has 0 unspecified atom stereocenters. The molecule has 1 atom stereocenters. The van der Waals surface area contributed by atoms with Crippen LogP contribution in [-0.4, -0.2) is 45.9 Å². The largest absolute Gasteiger partial charge is 0.339 e. The molecule has 3 aromatic rings. The maximum Gasteiger partial charge on any atom is 0.248 e. The lowest BCUT2D eigenvalue weighted by Gasteiger charge is -2.31. The second kappa shape index (κ2) is 7.91. The molecule has 29 heavy (non-hydrogen) atoms.